The number of aromatic nitrogens is 1. The lowest BCUT2D eigenvalue weighted by Gasteiger charge is -2.23. The zero-order chi connectivity index (χ0) is 12.6. The number of halogens is 1. The van der Waals surface area contributed by atoms with Crippen LogP contribution in [-0.4, -0.2) is 10.1 Å². The predicted molar refractivity (Wildman–Crippen MR) is 71.7 cm³/mol. The first kappa shape index (κ1) is 12.2. The van der Waals surface area contributed by atoms with Crippen LogP contribution in [0.2, 0.25) is 5.02 Å². The second kappa shape index (κ2) is 4.19. The maximum absolute atomic E-state index is 10.0. The van der Waals surface area contributed by atoms with E-state index in [1.54, 1.807) is 12.1 Å². The quantitative estimate of drug-likeness (QED) is 0.862. The standard InChI is InChI=1S/C14H16ClNO/c1-4-14(2,3)13-12(17)7-9-5-6-10(15)8-11(9)16-13/h5-8,17H,4H2,1-3H3. The van der Waals surface area contributed by atoms with Crippen molar-refractivity contribution in [2.75, 3.05) is 0 Å². The first-order valence-electron chi connectivity index (χ1n) is 5.74. The average molecular weight is 250 g/mol. The molecule has 0 amide bonds. The lowest BCUT2D eigenvalue weighted by molar-refractivity contribution is 0.419. The van der Waals surface area contributed by atoms with Crippen molar-refractivity contribution in [1.82, 2.24) is 4.98 Å². The maximum atomic E-state index is 10.0. The number of hydrogen-bond acceptors (Lipinski definition) is 2. The maximum Gasteiger partial charge on any atom is 0.138 e. The molecule has 1 aromatic carbocycles. The highest BCUT2D eigenvalue weighted by atomic mass is 35.5. The first-order chi connectivity index (χ1) is 7.94. The van der Waals surface area contributed by atoms with Crippen LogP contribution >= 0.6 is 11.6 Å². The largest absolute Gasteiger partial charge is 0.506 e. The van der Waals surface area contributed by atoms with Gasteiger partial charge < -0.3 is 5.11 Å². The number of hydrogen-bond donors (Lipinski definition) is 1. The molecule has 3 heteroatoms. The third-order valence-electron chi connectivity index (χ3n) is 3.28. The average Bonchev–Trinajstić information content (AvgIpc) is 2.28. The Hall–Kier alpha value is -1.28. The van der Waals surface area contributed by atoms with Crippen molar-refractivity contribution >= 4 is 22.5 Å². The molecule has 0 saturated carbocycles. The molecular weight excluding hydrogens is 234 g/mol. The van der Waals surface area contributed by atoms with E-state index >= 15 is 0 Å². The monoisotopic (exact) mass is 249 g/mol. The predicted octanol–water partition coefficient (Wildman–Crippen LogP) is 4.28. The van der Waals surface area contributed by atoms with Crippen LogP contribution in [-0.2, 0) is 5.41 Å². The molecule has 1 N–H and O–H groups in total. The second-order valence-electron chi connectivity index (χ2n) is 4.93. The molecule has 90 valence electrons. The van der Waals surface area contributed by atoms with Crippen LogP contribution in [0.1, 0.15) is 32.9 Å². The van der Waals surface area contributed by atoms with E-state index in [-0.39, 0.29) is 11.2 Å². The molecule has 0 unspecified atom stereocenters. The molecule has 17 heavy (non-hydrogen) atoms. The van der Waals surface area contributed by atoms with Gasteiger partial charge in [0.25, 0.3) is 0 Å². The topological polar surface area (TPSA) is 33.1 Å². The zero-order valence-electron chi connectivity index (χ0n) is 10.3. The van der Waals surface area contributed by atoms with Crippen LogP contribution in [0.5, 0.6) is 5.75 Å². The fourth-order valence-electron chi connectivity index (χ4n) is 1.79. The molecule has 0 saturated heterocycles. The third kappa shape index (κ3) is 2.22. The Morgan fingerprint density at radius 3 is 2.65 bits per heavy atom. The minimum atomic E-state index is -0.138. The van der Waals surface area contributed by atoms with Gasteiger partial charge in [-0.15, -0.1) is 0 Å². The highest BCUT2D eigenvalue weighted by molar-refractivity contribution is 6.31. The molecule has 1 heterocycles. The van der Waals surface area contributed by atoms with Crippen LogP contribution in [0.3, 0.4) is 0 Å². The van der Waals surface area contributed by atoms with E-state index in [4.69, 9.17) is 11.6 Å². The van der Waals surface area contributed by atoms with Gasteiger partial charge in [0.2, 0.25) is 0 Å². The number of benzene rings is 1. The van der Waals surface area contributed by atoms with Crippen LogP contribution in [0, 0.1) is 0 Å². The molecule has 2 rings (SSSR count). The molecule has 0 atom stereocenters. The fraction of sp³-hybridized carbons (Fsp3) is 0.357. The van der Waals surface area contributed by atoms with Crippen molar-refractivity contribution < 1.29 is 5.11 Å². The lowest BCUT2D eigenvalue weighted by Crippen LogP contribution is -2.17. The molecular formula is C14H16ClNO. The highest BCUT2D eigenvalue weighted by Gasteiger charge is 2.24. The highest BCUT2D eigenvalue weighted by Crippen LogP contribution is 2.34. The lowest BCUT2D eigenvalue weighted by atomic mass is 9.85. The van der Waals surface area contributed by atoms with E-state index in [0.717, 1.165) is 23.0 Å². The van der Waals surface area contributed by atoms with Gasteiger partial charge in [0.05, 0.1) is 11.2 Å². The van der Waals surface area contributed by atoms with Gasteiger partial charge in [-0.1, -0.05) is 38.4 Å². The van der Waals surface area contributed by atoms with Crippen molar-refractivity contribution in [3.05, 3.63) is 35.0 Å². The van der Waals surface area contributed by atoms with Crippen molar-refractivity contribution in [3.63, 3.8) is 0 Å². The van der Waals surface area contributed by atoms with Crippen LogP contribution in [0.15, 0.2) is 24.3 Å². The Balaban J connectivity index is 2.69. The van der Waals surface area contributed by atoms with E-state index in [0.29, 0.717) is 5.02 Å². The summed E-state index contributed by atoms with van der Waals surface area (Å²) in [7, 11) is 0. The number of fused-ring (bicyclic) bond motifs is 1. The van der Waals surface area contributed by atoms with Gasteiger partial charge in [-0.05, 0) is 24.6 Å². The summed E-state index contributed by atoms with van der Waals surface area (Å²) in [5.74, 6) is 0.256. The third-order valence-corrected chi connectivity index (χ3v) is 3.52. The SMILES string of the molecule is CCC(C)(C)c1nc2cc(Cl)ccc2cc1O. The molecule has 1 aromatic heterocycles. The van der Waals surface area contributed by atoms with E-state index < -0.39 is 0 Å². The van der Waals surface area contributed by atoms with E-state index in [1.165, 1.54) is 0 Å². The van der Waals surface area contributed by atoms with Gasteiger partial charge >= 0.3 is 0 Å². The van der Waals surface area contributed by atoms with Gasteiger partial charge in [0, 0.05) is 15.8 Å². The summed E-state index contributed by atoms with van der Waals surface area (Å²) in [6, 6.07) is 7.25. The van der Waals surface area contributed by atoms with Gasteiger partial charge in [-0.3, -0.25) is 0 Å². The Bertz CT molecular complexity index is 563. The summed E-state index contributed by atoms with van der Waals surface area (Å²) in [5.41, 5.74) is 1.42. The van der Waals surface area contributed by atoms with E-state index in [1.807, 2.05) is 12.1 Å². The molecule has 0 bridgehead atoms. The van der Waals surface area contributed by atoms with Gasteiger partial charge in [-0.2, -0.15) is 0 Å². The second-order valence-corrected chi connectivity index (χ2v) is 5.37. The van der Waals surface area contributed by atoms with Gasteiger partial charge in [0.1, 0.15) is 5.75 Å². The van der Waals surface area contributed by atoms with Crippen LogP contribution < -0.4 is 0 Å². The Kier molecular flexibility index (Phi) is 3.00. The molecule has 0 aliphatic heterocycles. The van der Waals surface area contributed by atoms with Crippen LogP contribution in [0.25, 0.3) is 10.9 Å². The summed E-state index contributed by atoms with van der Waals surface area (Å²) < 4.78 is 0. The fourth-order valence-corrected chi connectivity index (χ4v) is 1.96. The summed E-state index contributed by atoms with van der Waals surface area (Å²) in [4.78, 5) is 4.54. The molecule has 0 aliphatic carbocycles. The first-order valence-corrected chi connectivity index (χ1v) is 6.11. The number of nitrogens with zero attached hydrogens (tertiary/aromatic N) is 1. The van der Waals surface area contributed by atoms with Crippen molar-refractivity contribution in [3.8, 4) is 5.75 Å². The molecule has 0 spiro atoms. The van der Waals surface area contributed by atoms with E-state index in [9.17, 15) is 5.11 Å². The summed E-state index contributed by atoms with van der Waals surface area (Å²) >= 11 is 5.96. The minimum absolute atomic E-state index is 0.138. The Morgan fingerprint density at radius 1 is 1.29 bits per heavy atom. The summed E-state index contributed by atoms with van der Waals surface area (Å²) in [6.45, 7) is 6.24. The zero-order valence-corrected chi connectivity index (χ0v) is 11.0. The van der Waals surface area contributed by atoms with Crippen molar-refractivity contribution in [2.24, 2.45) is 0 Å². The van der Waals surface area contributed by atoms with Gasteiger partial charge in [-0.25, -0.2) is 4.98 Å². The number of rotatable bonds is 2. The molecule has 0 fully saturated rings. The van der Waals surface area contributed by atoms with Crippen molar-refractivity contribution in [2.45, 2.75) is 32.6 Å². The van der Waals surface area contributed by atoms with Crippen LogP contribution in [0.4, 0.5) is 0 Å². The minimum Gasteiger partial charge on any atom is -0.506 e. The Labute approximate surface area is 106 Å². The molecule has 0 radical (unpaired) electrons. The summed E-state index contributed by atoms with van der Waals surface area (Å²) in [5, 5.41) is 11.6. The molecule has 2 nitrogen and oxygen atoms in total. The summed E-state index contributed by atoms with van der Waals surface area (Å²) in [6.07, 6.45) is 0.916. The van der Waals surface area contributed by atoms with Gasteiger partial charge in [0.15, 0.2) is 0 Å². The van der Waals surface area contributed by atoms with E-state index in [2.05, 4.69) is 25.8 Å². The number of pyridine rings is 1. The van der Waals surface area contributed by atoms with Crippen molar-refractivity contribution in [1.29, 1.82) is 0 Å². The molecule has 0 aliphatic rings. The number of aromatic hydroxyl groups is 1. The smallest absolute Gasteiger partial charge is 0.138 e. The normalized spacial score (nSPS) is 12.0. The Morgan fingerprint density at radius 2 is 2.00 bits per heavy atom. The molecule has 2 aromatic rings.